The average molecular weight is 265 g/mol. The van der Waals surface area contributed by atoms with Gasteiger partial charge in [-0.15, -0.1) is 0 Å². The summed E-state index contributed by atoms with van der Waals surface area (Å²) in [6.07, 6.45) is 4.20. The topological polar surface area (TPSA) is 57.5 Å². The summed E-state index contributed by atoms with van der Waals surface area (Å²) in [5.74, 6) is -0.546. The zero-order chi connectivity index (χ0) is 13.8. The number of ether oxygens (including phenoxy) is 2. The van der Waals surface area contributed by atoms with Crippen molar-refractivity contribution in [2.24, 2.45) is 0 Å². The molecule has 0 saturated carbocycles. The van der Waals surface area contributed by atoms with E-state index in [2.05, 4.69) is 0 Å². The molecule has 2 rings (SSSR count). The molecular formula is C14H19NO4. The van der Waals surface area contributed by atoms with Crippen molar-refractivity contribution in [1.29, 1.82) is 0 Å². The van der Waals surface area contributed by atoms with Gasteiger partial charge in [0.2, 0.25) is 0 Å². The van der Waals surface area contributed by atoms with Gasteiger partial charge in [0.25, 0.3) is 0 Å². The summed E-state index contributed by atoms with van der Waals surface area (Å²) < 4.78 is 12.0. The Balaban J connectivity index is 2.26. The Morgan fingerprint density at radius 2 is 2.05 bits per heavy atom. The Kier molecular flexibility index (Phi) is 4.24. The van der Waals surface area contributed by atoms with E-state index in [4.69, 9.17) is 9.47 Å². The summed E-state index contributed by atoms with van der Waals surface area (Å²) in [7, 11) is 0. The van der Waals surface area contributed by atoms with Gasteiger partial charge in [-0.3, -0.25) is 0 Å². The van der Waals surface area contributed by atoms with E-state index in [-0.39, 0.29) is 18.0 Å². The van der Waals surface area contributed by atoms with Crippen LogP contribution in [0.25, 0.3) is 0 Å². The third-order valence-corrected chi connectivity index (χ3v) is 3.31. The zero-order valence-electron chi connectivity index (χ0n) is 11.3. The Morgan fingerprint density at radius 1 is 1.32 bits per heavy atom. The van der Waals surface area contributed by atoms with Crippen LogP contribution in [0.1, 0.15) is 48.8 Å². The SMILES string of the molecule is CCOC(=O)c1ccn2c1CCCC2C(=O)OCC. The molecule has 0 radical (unpaired) electrons. The Bertz CT molecular complexity index is 478. The highest BCUT2D eigenvalue weighted by Crippen LogP contribution is 2.29. The third-order valence-electron chi connectivity index (χ3n) is 3.31. The van der Waals surface area contributed by atoms with Crippen LogP contribution in [0.2, 0.25) is 0 Å². The molecule has 5 nitrogen and oxygen atoms in total. The number of esters is 2. The van der Waals surface area contributed by atoms with E-state index in [9.17, 15) is 9.59 Å². The third kappa shape index (κ3) is 2.64. The molecule has 0 spiro atoms. The zero-order valence-corrected chi connectivity index (χ0v) is 11.3. The quantitative estimate of drug-likeness (QED) is 0.782. The van der Waals surface area contributed by atoms with E-state index in [1.807, 2.05) is 4.57 Å². The number of fused-ring (bicyclic) bond motifs is 1. The lowest BCUT2D eigenvalue weighted by atomic mass is 10.0. The molecule has 0 amide bonds. The molecule has 5 heteroatoms. The number of aromatic nitrogens is 1. The number of hydrogen-bond acceptors (Lipinski definition) is 4. The number of carbonyl (C=O) groups excluding carboxylic acids is 2. The molecule has 0 bridgehead atoms. The van der Waals surface area contributed by atoms with Crippen molar-refractivity contribution >= 4 is 11.9 Å². The predicted molar refractivity (Wildman–Crippen MR) is 69.0 cm³/mol. The van der Waals surface area contributed by atoms with Gasteiger partial charge in [-0.2, -0.15) is 0 Å². The normalized spacial score (nSPS) is 17.7. The number of rotatable bonds is 4. The maximum Gasteiger partial charge on any atom is 0.339 e. The van der Waals surface area contributed by atoms with Gasteiger partial charge in [-0.1, -0.05) is 0 Å². The maximum absolute atomic E-state index is 11.9. The standard InChI is InChI=1S/C14H19NO4/c1-3-18-13(16)10-8-9-15-11(10)6-5-7-12(15)14(17)19-4-2/h8-9,12H,3-7H2,1-2H3. The molecule has 0 saturated heterocycles. The van der Waals surface area contributed by atoms with Gasteiger partial charge >= 0.3 is 11.9 Å². The van der Waals surface area contributed by atoms with Crippen LogP contribution in [-0.2, 0) is 20.7 Å². The van der Waals surface area contributed by atoms with Gasteiger partial charge in [0.05, 0.1) is 18.8 Å². The number of hydrogen-bond donors (Lipinski definition) is 0. The molecule has 1 aliphatic heterocycles. The lowest BCUT2D eigenvalue weighted by Gasteiger charge is -2.25. The second kappa shape index (κ2) is 5.91. The Labute approximate surface area is 112 Å². The van der Waals surface area contributed by atoms with E-state index >= 15 is 0 Å². The van der Waals surface area contributed by atoms with Gasteiger partial charge in [-0.05, 0) is 39.2 Å². The van der Waals surface area contributed by atoms with E-state index in [0.29, 0.717) is 18.8 Å². The Morgan fingerprint density at radius 3 is 2.74 bits per heavy atom. The van der Waals surface area contributed by atoms with Gasteiger partial charge in [-0.25, -0.2) is 9.59 Å². The molecule has 1 aromatic rings. The average Bonchev–Trinajstić information content (AvgIpc) is 2.82. The number of nitrogens with zero attached hydrogens (tertiary/aromatic N) is 1. The highest BCUT2D eigenvalue weighted by Gasteiger charge is 2.30. The molecular weight excluding hydrogens is 246 g/mol. The molecule has 1 aromatic heterocycles. The van der Waals surface area contributed by atoms with Crippen LogP contribution >= 0.6 is 0 Å². The van der Waals surface area contributed by atoms with Crippen LogP contribution in [0.5, 0.6) is 0 Å². The van der Waals surface area contributed by atoms with Crippen LogP contribution in [0.4, 0.5) is 0 Å². The fourth-order valence-electron chi connectivity index (χ4n) is 2.50. The summed E-state index contributed by atoms with van der Waals surface area (Å²) in [6, 6.07) is 1.41. The van der Waals surface area contributed by atoms with Crippen LogP contribution in [0.15, 0.2) is 12.3 Å². The second-order valence-corrected chi connectivity index (χ2v) is 4.46. The molecule has 1 aliphatic rings. The van der Waals surface area contributed by atoms with E-state index < -0.39 is 0 Å². The van der Waals surface area contributed by atoms with E-state index in [1.54, 1.807) is 26.1 Å². The lowest BCUT2D eigenvalue weighted by Crippen LogP contribution is -2.27. The van der Waals surface area contributed by atoms with Crippen LogP contribution in [0.3, 0.4) is 0 Å². The second-order valence-electron chi connectivity index (χ2n) is 4.46. The molecule has 2 heterocycles. The van der Waals surface area contributed by atoms with Crippen LogP contribution in [0, 0.1) is 0 Å². The van der Waals surface area contributed by atoms with Crippen molar-refractivity contribution in [2.45, 2.75) is 39.2 Å². The first-order valence-electron chi connectivity index (χ1n) is 6.72. The van der Waals surface area contributed by atoms with Crippen molar-refractivity contribution in [1.82, 2.24) is 4.57 Å². The van der Waals surface area contributed by atoms with Crippen molar-refractivity contribution < 1.29 is 19.1 Å². The van der Waals surface area contributed by atoms with Crippen molar-refractivity contribution in [3.63, 3.8) is 0 Å². The Hall–Kier alpha value is -1.78. The first-order valence-corrected chi connectivity index (χ1v) is 6.72. The van der Waals surface area contributed by atoms with Gasteiger partial charge < -0.3 is 14.0 Å². The fourth-order valence-corrected chi connectivity index (χ4v) is 2.50. The smallest absolute Gasteiger partial charge is 0.339 e. The molecule has 1 atom stereocenters. The first kappa shape index (κ1) is 13.6. The van der Waals surface area contributed by atoms with Gasteiger partial charge in [0, 0.05) is 11.9 Å². The van der Waals surface area contributed by atoms with E-state index in [0.717, 1.165) is 25.0 Å². The number of carbonyl (C=O) groups is 2. The fraction of sp³-hybridized carbons (Fsp3) is 0.571. The largest absolute Gasteiger partial charge is 0.464 e. The van der Waals surface area contributed by atoms with Crippen molar-refractivity contribution in [3.05, 3.63) is 23.5 Å². The highest BCUT2D eigenvalue weighted by atomic mass is 16.5. The lowest BCUT2D eigenvalue weighted by molar-refractivity contribution is -0.147. The summed E-state index contributed by atoms with van der Waals surface area (Å²) in [4.78, 5) is 23.7. The monoisotopic (exact) mass is 265 g/mol. The van der Waals surface area contributed by atoms with Crippen molar-refractivity contribution in [2.75, 3.05) is 13.2 Å². The molecule has 0 aromatic carbocycles. The minimum atomic E-state index is -0.319. The van der Waals surface area contributed by atoms with Crippen molar-refractivity contribution in [3.8, 4) is 0 Å². The first-order chi connectivity index (χ1) is 9.19. The molecule has 0 aliphatic carbocycles. The van der Waals surface area contributed by atoms with Crippen LogP contribution < -0.4 is 0 Å². The van der Waals surface area contributed by atoms with Gasteiger partial charge in [0.1, 0.15) is 6.04 Å². The van der Waals surface area contributed by atoms with Gasteiger partial charge in [0.15, 0.2) is 0 Å². The highest BCUT2D eigenvalue weighted by molar-refractivity contribution is 5.91. The maximum atomic E-state index is 11.9. The molecule has 104 valence electrons. The molecule has 1 unspecified atom stereocenters. The van der Waals surface area contributed by atoms with Crippen LogP contribution in [-0.4, -0.2) is 29.7 Å². The predicted octanol–water partition coefficient (Wildman–Crippen LogP) is 2.11. The summed E-state index contributed by atoms with van der Waals surface area (Å²) >= 11 is 0. The summed E-state index contributed by atoms with van der Waals surface area (Å²) in [5, 5.41) is 0. The molecule has 0 fully saturated rings. The summed E-state index contributed by atoms with van der Waals surface area (Å²) in [5.41, 5.74) is 1.44. The molecule has 19 heavy (non-hydrogen) atoms. The molecule has 0 N–H and O–H groups in total. The minimum absolute atomic E-state index is 0.227. The van der Waals surface area contributed by atoms with E-state index in [1.165, 1.54) is 0 Å². The minimum Gasteiger partial charge on any atom is -0.464 e. The summed E-state index contributed by atoms with van der Waals surface area (Å²) in [6.45, 7) is 4.30.